The standard InChI is InChI=1S/C23H18Cl2N4O2/c1-14-6-8-15(9-7-14)22(30)26-17-4-3-5-18(13-17)29-21(27-23(28-29)31-2)16-10-11-19(24)20(25)12-16/h3-13H,1-2H3,(H,26,30). The zero-order valence-corrected chi connectivity index (χ0v) is 18.3. The van der Waals surface area contributed by atoms with Gasteiger partial charge in [0.2, 0.25) is 0 Å². The van der Waals surface area contributed by atoms with E-state index >= 15 is 0 Å². The molecule has 1 aromatic heterocycles. The van der Waals surface area contributed by atoms with E-state index in [1.165, 1.54) is 7.11 Å². The average Bonchev–Trinajstić information content (AvgIpc) is 3.21. The van der Waals surface area contributed by atoms with Crippen molar-refractivity contribution in [2.45, 2.75) is 6.92 Å². The number of benzene rings is 3. The molecule has 0 aliphatic rings. The molecule has 1 heterocycles. The number of ether oxygens (including phenoxy) is 1. The van der Waals surface area contributed by atoms with Gasteiger partial charge in [-0.2, -0.15) is 4.98 Å². The average molecular weight is 453 g/mol. The second-order valence-electron chi connectivity index (χ2n) is 6.83. The molecule has 6 nitrogen and oxygen atoms in total. The van der Waals surface area contributed by atoms with Crippen LogP contribution in [0.4, 0.5) is 5.69 Å². The van der Waals surface area contributed by atoms with Crippen molar-refractivity contribution in [3.63, 3.8) is 0 Å². The number of methoxy groups -OCH3 is 1. The van der Waals surface area contributed by atoms with Crippen LogP contribution in [0.25, 0.3) is 17.1 Å². The van der Waals surface area contributed by atoms with Crippen LogP contribution < -0.4 is 10.1 Å². The van der Waals surface area contributed by atoms with Crippen molar-refractivity contribution in [1.82, 2.24) is 14.8 Å². The monoisotopic (exact) mass is 452 g/mol. The summed E-state index contributed by atoms with van der Waals surface area (Å²) in [5.41, 5.74) is 3.71. The summed E-state index contributed by atoms with van der Waals surface area (Å²) in [6.07, 6.45) is 0. The number of carbonyl (C=O) groups is 1. The number of rotatable bonds is 5. The quantitative estimate of drug-likeness (QED) is 0.414. The van der Waals surface area contributed by atoms with Crippen LogP contribution in [0.15, 0.2) is 66.7 Å². The van der Waals surface area contributed by atoms with Gasteiger partial charge < -0.3 is 10.1 Å². The van der Waals surface area contributed by atoms with Gasteiger partial charge in [-0.25, -0.2) is 4.68 Å². The zero-order valence-electron chi connectivity index (χ0n) is 16.8. The molecule has 0 aliphatic heterocycles. The number of hydrogen-bond donors (Lipinski definition) is 1. The van der Waals surface area contributed by atoms with E-state index in [9.17, 15) is 4.79 Å². The SMILES string of the molecule is COc1nc(-c2ccc(Cl)c(Cl)c2)n(-c2cccc(NC(=O)c3ccc(C)cc3)c2)n1. The van der Waals surface area contributed by atoms with Gasteiger partial charge in [-0.1, -0.05) is 47.0 Å². The van der Waals surface area contributed by atoms with Crippen molar-refractivity contribution in [3.05, 3.63) is 87.9 Å². The molecule has 31 heavy (non-hydrogen) atoms. The fourth-order valence-electron chi connectivity index (χ4n) is 3.01. The smallest absolute Gasteiger partial charge is 0.336 e. The van der Waals surface area contributed by atoms with Crippen LogP contribution in [0.5, 0.6) is 6.01 Å². The normalized spacial score (nSPS) is 10.7. The van der Waals surface area contributed by atoms with E-state index in [-0.39, 0.29) is 11.9 Å². The van der Waals surface area contributed by atoms with Crippen LogP contribution in [-0.2, 0) is 0 Å². The fourth-order valence-corrected chi connectivity index (χ4v) is 3.30. The number of nitrogens with one attached hydrogen (secondary N) is 1. The fraction of sp³-hybridized carbons (Fsp3) is 0.0870. The maximum atomic E-state index is 12.6. The topological polar surface area (TPSA) is 69.0 Å². The summed E-state index contributed by atoms with van der Waals surface area (Å²) in [4.78, 5) is 17.0. The maximum absolute atomic E-state index is 12.6. The van der Waals surface area contributed by atoms with E-state index in [1.807, 2.05) is 37.3 Å². The molecule has 4 rings (SSSR count). The first-order chi connectivity index (χ1) is 14.9. The lowest BCUT2D eigenvalue weighted by Crippen LogP contribution is -2.12. The molecule has 0 fully saturated rings. The number of amides is 1. The Balaban J connectivity index is 1.69. The number of aryl methyl sites for hydroxylation is 1. The summed E-state index contributed by atoms with van der Waals surface area (Å²) < 4.78 is 6.85. The Morgan fingerprint density at radius 3 is 2.48 bits per heavy atom. The van der Waals surface area contributed by atoms with Crippen LogP contribution in [-0.4, -0.2) is 27.8 Å². The van der Waals surface area contributed by atoms with E-state index < -0.39 is 0 Å². The largest absolute Gasteiger partial charge is 0.466 e. The molecular weight excluding hydrogens is 435 g/mol. The van der Waals surface area contributed by atoms with Crippen molar-refractivity contribution in [2.75, 3.05) is 12.4 Å². The van der Waals surface area contributed by atoms with Crippen molar-refractivity contribution in [1.29, 1.82) is 0 Å². The number of nitrogens with zero attached hydrogens (tertiary/aromatic N) is 3. The first kappa shape index (κ1) is 20.9. The molecule has 0 spiro atoms. The minimum absolute atomic E-state index is 0.196. The van der Waals surface area contributed by atoms with E-state index in [0.29, 0.717) is 32.8 Å². The molecule has 0 saturated carbocycles. The molecule has 4 aromatic rings. The number of halogens is 2. The molecule has 0 saturated heterocycles. The Bertz CT molecular complexity index is 1250. The summed E-state index contributed by atoms with van der Waals surface area (Å²) in [5, 5.41) is 8.18. The van der Waals surface area contributed by atoms with Gasteiger partial charge >= 0.3 is 6.01 Å². The van der Waals surface area contributed by atoms with E-state index in [2.05, 4.69) is 15.4 Å². The third-order valence-electron chi connectivity index (χ3n) is 4.61. The summed E-state index contributed by atoms with van der Waals surface area (Å²) in [7, 11) is 1.50. The minimum Gasteiger partial charge on any atom is -0.466 e. The molecular formula is C23H18Cl2N4O2. The molecule has 8 heteroatoms. The van der Waals surface area contributed by atoms with Gasteiger partial charge in [0.25, 0.3) is 5.91 Å². The Hall–Kier alpha value is -3.35. The molecule has 3 aromatic carbocycles. The van der Waals surface area contributed by atoms with E-state index in [0.717, 1.165) is 11.1 Å². The maximum Gasteiger partial charge on any atom is 0.336 e. The number of carbonyl (C=O) groups excluding carboxylic acids is 1. The highest BCUT2D eigenvalue weighted by Gasteiger charge is 2.16. The van der Waals surface area contributed by atoms with Gasteiger partial charge in [0.15, 0.2) is 5.82 Å². The van der Waals surface area contributed by atoms with Gasteiger partial charge in [0.05, 0.1) is 22.8 Å². The van der Waals surface area contributed by atoms with Gasteiger partial charge in [-0.3, -0.25) is 4.79 Å². The molecule has 1 amide bonds. The first-order valence-corrected chi connectivity index (χ1v) is 10.1. The minimum atomic E-state index is -0.196. The predicted octanol–water partition coefficient (Wildman–Crippen LogP) is 5.81. The number of hydrogen-bond acceptors (Lipinski definition) is 4. The Morgan fingerprint density at radius 1 is 1.00 bits per heavy atom. The third-order valence-corrected chi connectivity index (χ3v) is 5.35. The third kappa shape index (κ3) is 4.55. The van der Waals surface area contributed by atoms with Crippen LogP contribution in [0.2, 0.25) is 10.0 Å². The molecule has 0 atom stereocenters. The highest BCUT2D eigenvalue weighted by molar-refractivity contribution is 6.42. The lowest BCUT2D eigenvalue weighted by atomic mass is 10.1. The molecule has 0 aliphatic carbocycles. The van der Waals surface area contributed by atoms with Crippen molar-refractivity contribution in [2.24, 2.45) is 0 Å². The lowest BCUT2D eigenvalue weighted by molar-refractivity contribution is 0.102. The molecule has 0 unspecified atom stereocenters. The van der Waals surface area contributed by atoms with Crippen LogP contribution >= 0.6 is 23.2 Å². The van der Waals surface area contributed by atoms with Gasteiger partial charge in [0, 0.05) is 16.8 Å². The van der Waals surface area contributed by atoms with Crippen molar-refractivity contribution in [3.8, 4) is 23.1 Å². The number of anilines is 1. The van der Waals surface area contributed by atoms with Crippen LogP contribution in [0.1, 0.15) is 15.9 Å². The summed E-state index contributed by atoms with van der Waals surface area (Å²) in [5.74, 6) is 0.329. The van der Waals surface area contributed by atoms with E-state index in [4.69, 9.17) is 27.9 Å². The van der Waals surface area contributed by atoms with Crippen molar-refractivity contribution < 1.29 is 9.53 Å². The predicted molar refractivity (Wildman–Crippen MR) is 122 cm³/mol. The van der Waals surface area contributed by atoms with Crippen LogP contribution in [0, 0.1) is 6.92 Å². The van der Waals surface area contributed by atoms with Gasteiger partial charge in [-0.05, 0) is 55.5 Å². The molecule has 0 radical (unpaired) electrons. The summed E-state index contributed by atoms with van der Waals surface area (Å²) >= 11 is 12.2. The highest BCUT2D eigenvalue weighted by Crippen LogP contribution is 2.30. The van der Waals surface area contributed by atoms with Crippen molar-refractivity contribution >= 4 is 34.8 Å². The second kappa shape index (κ2) is 8.79. The zero-order chi connectivity index (χ0) is 22.0. The first-order valence-electron chi connectivity index (χ1n) is 9.39. The van der Waals surface area contributed by atoms with Gasteiger partial charge in [-0.15, -0.1) is 5.10 Å². The van der Waals surface area contributed by atoms with Gasteiger partial charge in [0.1, 0.15) is 0 Å². The summed E-state index contributed by atoms with van der Waals surface area (Å²) in [6, 6.07) is 20.1. The van der Waals surface area contributed by atoms with E-state index in [1.54, 1.807) is 41.1 Å². The lowest BCUT2D eigenvalue weighted by Gasteiger charge is -2.10. The van der Waals surface area contributed by atoms with Crippen LogP contribution in [0.3, 0.4) is 0 Å². The Morgan fingerprint density at radius 2 is 1.77 bits per heavy atom. The Kier molecular flexibility index (Phi) is 5.93. The second-order valence-corrected chi connectivity index (χ2v) is 7.65. The highest BCUT2D eigenvalue weighted by atomic mass is 35.5. The Labute approximate surface area is 189 Å². The summed E-state index contributed by atoms with van der Waals surface area (Å²) in [6.45, 7) is 1.98. The number of aromatic nitrogens is 3. The molecule has 0 bridgehead atoms. The molecule has 1 N–H and O–H groups in total. The molecule has 156 valence electrons.